The Bertz CT molecular complexity index is 151. The first kappa shape index (κ1) is 15.6. The van der Waals surface area contributed by atoms with Crippen molar-refractivity contribution in [1.82, 2.24) is 5.32 Å². The summed E-state index contributed by atoms with van der Waals surface area (Å²) in [6.45, 7) is 9.26. The fraction of sp³-hybridized carbons (Fsp3) is 0.846. The Balaban J connectivity index is 3.05. The maximum absolute atomic E-state index is 5.38. The molecule has 0 radical (unpaired) electrons. The molecule has 0 aliphatic heterocycles. The van der Waals surface area contributed by atoms with E-state index in [1.54, 1.807) is 7.11 Å². The minimum atomic E-state index is 0.590. The highest BCUT2D eigenvalue weighted by molar-refractivity contribution is 4.70. The maximum atomic E-state index is 5.38. The van der Waals surface area contributed by atoms with Gasteiger partial charge in [0.25, 0.3) is 0 Å². The van der Waals surface area contributed by atoms with Crippen molar-refractivity contribution in [2.45, 2.75) is 38.6 Å². The Labute approximate surface area is 100 Å². The molecule has 0 heterocycles. The predicted molar refractivity (Wildman–Crippen MR) is 68.8 cm³/mol. The minimum absolute atomic E-state index is 0.590. The molecule has 0 saturated heterocycles. The van der Waals surface area contributed by atoms with E-state index in [0.717, 1.165) is 26.0 Å². The third-order valence-electron chi connectivity index (χ3n) is 2.44. The van der Waals surface area contributed by atoms with Crippen LogP contribution in [0.25, 0.3) is 0 Å². The third-order valence-corrected chi connectivity index (χ3v) is 2.44. The minimum Gasteiger partial charge on any atom is -0.382 e. The van der Waals surface area contributed by atoms with Gasteiger partial charge in [0.05, 0.1) is 13.2 Å². The lowest BCUT2D eigenvalue weighted by Gasteiger charge is -2.12. The van der Waals surface area contributed by atoms with Gasteiger partial charge in [-0.05, 0) is 39.2 Å². The standard InChI is InChI=1S/C13H27NO2/c1-4-5-8-13(2)14-9-6-7-10-16-12-11-15-3/h4,13-14H,1,5-12H2,2-3H3. The fourth-order valence-corrected chi connectivity index (χ4v) is 1.39. The lowest BCUT2D eigenvalue weighted by molar-refractivity contribution is 0.0687. The van der Waals surface area contributed by atoms with E-state index >= 15 is 0 Å². The molecule has 0 amide bonds. The number of unbranched alkanes of at least 4 members (excludes halogenated alkanes) is 1. The molecule has 0 spiro atoms. The number of rotatable bonds is 12. The lowest BCUT2D eigenvalue weighted by Crippen LogP contribution is -2.26. The summed E-state index contributed by atoms with van der Waals surface area (Å²) in [6, 6.07) is 0.590. The van der Waals surface area contributed by atoms with E-state index in [1.165, 1.54) is 12.8 Å². The van der Waals surface area contributed by atoms with Gasteiger partial charge >= 0.3 is 0 Å². The summed E-state index contributed by atoms with van der Waals surface area (Å²) in [7, 11) is 1.69. The van der Waals surface area contributed by atoms with Crippen LogP contribution in [0.2, 0.25) is 0 Å². The van der Waals surface area contributed by atoms with Crippen molar-refractivity contribution >= 4 is 0 Å². The first-order chi connectivity index (χ1) is 7.81. The van der Waals surface area contributed by atoms with Crippen LogP contribution in [0.1, 0.15) is 32.6 Å². The maximum Gasteiger partial charge on any atom is 0.0700 e. The zero-order chi connectivity index (χ0) is 12.1. The molecule has 0 aliphatic rings. The molecule has 0 rings (SSSR count). The molecule has 0 bridgehead atoms. The summed E-state index contributed by atoms with van der Waals surface area (Å²) in [5.41, 5.74) is 0. The molecule has 0 saturated carbocycles. The van der Waals surface area contributed by atoms with Crippen LogP contribution in [-0.2, 0) is 9.47 Å². The van der Waals surface area contributed by atoms with Gasteiger partial charge in [0.2, 0.25) is 0 Å². The first-order valence-corrected chi connectivity index (χ1v) is 6.22. The fourth-order valence-electron chi connectivity index (χ4n) is 1.39. The molecule has 0 fully saturated rings. The molecule has 1 atom stereocenters. The topological polar surface area (TPSA) is 30.5 Å². The van der Waals surface area contributed by atoms with Crippen LogP contribution >= 0.6 is 0 Å². The smallest absolute Gasteiger partial charge is 0.0700 e. The highest BCUT2D eigenvalue weighted by Crippen LogP contribution is 1.97. The summed E-state index contributed by atoms with van der Waals surface area (Å²) >= 11 is 0. The molecule has 1 unspecified atom stereocenters. The molecular formula is C13H27NO2. The molecule has 0 aromatic carbocycles. The van der Waals surface area contributed by atoms with Crippen molar-refractivity contribution < 1.29 is 9.47 Å². The Morgan fingerprint density at radius 3 is 2.75 bits per heavy atom. The van der Waals surface area contributed by atoms with Crippen LogP contribution in [0.3, 0.4) is 0 Å². The summed E-state index contributed by atoms with van der Waals surface area (Å²) in [4.78, 5) is 0. The van der Waals surface area contributed by atoms with Gasteiger partial charge in [-0.3, -0.25) is 0 Å². The van der Waals surface area contributed by atoms with Crippen LogP contribution in [-0.4, -0.2) is 39.5 Å². The summed E-state index contributed by atoms with van der Waals surface area (Å²) in [6.07, 6.45) is 6.53. The molecule has 1 N–H and O–H groups in total. The zero-order valence-corrected chi connectivity index (χ0v) is 10.8. The summed E-state index contributed by atoms with van der Waals surface area (Å²) in [5.74, 6) is 0. The van der Waals surface area contributed by atoms with Crippen LogP contribution < -0.4 is 5.32 Å². The van der Waals surface area contributed by atoms with Gasteiger partial charge in [0.1, 0.15) is 0 Å². The van der Waals surface area contributed by atoms with Gasteiger partial charge in [0.15, 0.2) is 0 Å². The van der Waals surface area contributed by atoms with Crippen LogP contribution in [0, 0.1) is 0 Å². The second kappa shape index (κ2) is 12.7. The van der Waals surface area contributed by atoms with E-state index in [9.17, 15) is 0 Å². The van der Waals surface area contributed by atoms with Crippen molar-refractivity contribution in [1.29, 1.82) is 0 Å². The molecule has 0 aromatic rings. The van der Waals surface area contributed by atoms with Crippen molar-refractivity contribution in [3.05, 3.63) is 12.7 Å². The van der Waals surface area contributed by atoms with Gasteiger partial charge in [0, 0.05) is 19.8 Å². The SMILES string of the molecule is C=CCCC(C)NCCCCOCCOC. The van der Waals surface area contributed by atoms with E-state index in [-0.39, 0.29) is 0 Å². The van der Waals surface area contributed by atoms with E-state index in [1.807, 2.05) is 6.08 Å². The van der Waals surface area contributed by atoms with Gasteiger partial charge < -0.3 is 14.8 Å². The molecule has 96 valence electrons. The second-order valence-electron chi connectivity index (χ2n) is 4.03. The van der Waals surface area contributed by atoms with Crippen molar-refractivity contribution in [2.24, 2.45) is 0 Å². The lowest BCUT2D eigenvalue weighted by atomic mass is 10.2. The van der Waals surface area contributed by atoms with Crippen LogP contribution in [0.4, 0.5) is 0 Å². The number of allylic oxidation sites excluding steroid dienone is 1. The number of hydrogen-bond acceptors (Lipinski definition) is 3. The molecule has 0 aromatic heterocycles. The van der Waals surface area contributed by atoms with Crippen molar-refractivity contribution in [2.75, 3.05) is 33.5 Å². The molecule has 3 nitrogen and oxygen atoms in total. The van der Waals surface area contributed by atoms with Gasteiger partial charge in [-0.15, -0.1) is 6.58 Å². The average Bonchev–Trinajstić information content (AvgIpc) is 2.30. The number of methoxy groups -OCH3 is 1. The normalized spacial score (nSPS) is 12.6. The monoisotopic (exact) mass is 229 g/mol. The van der Waals surface area contributed by atoms with E-state index in [0.29, 0.717) is 19.3 Å². The average molecular weight is 229 g/mol. The van der Waals surface area contributed by atoms with Crippen LogP contribution in [0.5, 0.6) is 0 Å². The Hall–Kier alpha value is -0.380. The number of hydrogen-bond donors (Lipinski definition) is 1. The van der Waals surface area contributed by atoms with Crippen molar-refractivity contribution in [3.63, 3.8) is 0 Å². The third kappa shape index (κ3) is 11.7. The molecule has 16 heavy (non-hydrogen) atoms. The molecule has 0 aliphatic carbocycles. The zero-order valence-electron chi connectivity index (χ0n) is 10.8. The van der Waals surface area contributed by atoms with Crippen LogP contribution in [0.15, 0.2) is 12.7 Å². The van der Waals surface area contributed by atoms with E-state index in [2.05, 4.69) is 18.8 Å². The molecular weight excluding hydrogens is 202 g/mol. The van der Waals surface area contributed by atoms with Gasteiger partial charge in [-0.2, -0.15) is 0 Å². The summed E-state index contributed by atoms with van der Waals surface area (Å²) < 4.78 is 10.3. The number of ether oxygens (including phenoxy) is 2. The molecule has 3 heteroatoms. The first-order valence-electron chi connectivity index (χ1n) is 6.22. The van der Waals surface area contributed by atoms with Gasteiger partial charge in [-0.1, -0.05) is 6.08 Å². The van der Waals surface area contributed by atoms with E-state index in [4.69, 9.17) is 9.47 Å². The predicted octanol–water partition coefficient (Wildman–Crippen LogP) is 2.37. The number of nitrogens with one attached hydrogen (secondary N) is 1. The van der Waals surface area contributed by atoms with Crippen molar-refractivity contribution in [3.8, 4) is 0 Å². The summed E-state index contributed by atoms with van der Waals surface area (Å²) in [5, 5.41) is 3.49. The van der Waals surface area contributed by atoms with Gasteiger partial charge in [-0.25, -0.2) is 0 Å². The largest absolute Gasteiger partial charge is 0.382 e. The second-order valence-corrected chi connectivity index (χ2v) is 4.03. The highest BCUT2D eigenvalue weighted by atomic mass is 16.5. The highest BCUT2D eigenvalue weighted by Gasteiger charge is 1.98. The van der Waals surface area contributed by atoms with E-state index < -0.39 is 0 Å². The Morgan fingerprint density at radius 1 is 1.25 bits per heavy atom. The quantitative estimate of drug-likeness (QED) is 0.412. The Morgan fingerprint density at radius 2 is 2.06 bits per heavy atom. The Kier molecular flexibility index (Phi) is 12.4.